The van der Waals surface area contributed by atoms with E-state index in [1.54, 1.807) is 6.20 Å². The number of rotatable bonds is 3. The van der Waals surface area contributed by atoms with E-state index in [1.807, 2.05) is 0 Å². The van der Waals surface area contributed by atoms with E-state index in [4.69, 9.17) is 4.74 Å². The van der Waals surface area contributed by atoms with Gasteiger partial charge in [-0.25, -0.2) is 4.98 Å². The molecule has 0 aromatic carbocycles. The maximum Gasteiger partial charge on any atom is 0.229 e. The minimum Gasteiger partial charge on any atom is -0.379 e. The van der Waals surface area contributed by atoms with E-state index in [9.17, 15) is 9.90 Å². The molecule has 19 heavy (non-hydrogen) atoms. The fourth-order valence-corrected chi connectivity index (χ4v) is 4.09. The average molecular weight is 280 g/mol. The van der Waals surface area contributed by atoms with E-state index in [-0.39, 0.29) is 11.8 Å². The summed E-state index contributed by atoms with van der Waals surface area (Å²) in [6.45, 7) is 0.629. The molecule has 2 heterocycles. The molecule has 3 fully saturated rings. The van der Waals surface area contributed by atoms with Gasteiger partial charge in [-0.05, 0) is 31.1 Å². The molecule has 0 radical (unpaired) electrons. The Balaban J connectivity index is 1.44. The Hall–Kier alpha value is -0.980. The van der Waals surface area contributed by atoms with Crippen LogP contribution in [-0.4, -0.2) is 29.2 Å². The Morgan fingerprint density at radius 2 is 2.37 bits per heavy atom. The quantitative estimate of drug-likeness (QED) is 0.876. The Morgan fingerprint density at radius 3 is 2.95 bits per heavy atom. The van der Waals surface area contributed by atoms with Crippen LogP contribution in [0.2, 0.25) is 0 Å². The second-order valence-corrected chi connectivity index (χ2v) is 6.92. The van der Waals surface area contributed by atoms with Crippen LogP contribution >= 0.6 is 11.3 Å². The van der Waals surface area contributed by atoms with E-state index in [2.05, 4.69) is 10.3 Å². The Bertz CT molecular complexity index is 526. The first kappa shape index (κ1) is 11.8. The lowest BCUT2D eigenvalue weighted by atomic mass is 10.0. The number of carbonyl (C=O) groups excluding carboxylic acids is 1. The van der Waals surface area contributed by atoms with Gasteiger partial charge in [0.05, 0.1) is 18.1 Å². The van der Waals surface area contributed by atoms with Gasteiger partial charge in [-0.3, -0.25) is 4.79 Å². The number of thiazole rings is 1. The van der Waals surface area contributed by atoms with Crippen LogP contribution < -0.4 is 5.32 Å². The summed E-state index contributed by atoms with van der Waals surface area (Å²) in [5, 5.41) is 13.6. The van der Waals surface area contributed by atoms with Crippen molar-refractivity contribution < 1.29 is 14.6 Å². The first-order valence-corrected chi connectivity index (χ1v) is 7.55. The zero-order chi connectivity index (χ0) is 13.0. The van der Waals surface area contributed by atoms with Crippen molar-refractivity contribution in [1.82, 2.24) is 4.98 Å². The van der Waals surface area contributed by atoms with Gasteiger partial charge in [0.2, 0.25) is 5.91 Å². The lowest BCUT2D eigenvalue weighted by Gasteiger charge is -2.34. The second kappa shape index (κ2) is 4.01. The number of carbonyl (C=O) groups is 1. The summed E-state index contributed by atoms with van der Waals surface area (Å²) in [6.07, 6.45) is 5.07. The fraction of sp³-hybridized carbons (Fsp3) is 0.692. The van der Waals surface area contributed by atoms with Gasteiger partial charge in [0.25, 0.3) is 0 Å². The van der Waals surface area contributed by atoms with Crippen molar-refractivity contribution in [3.8, 4) is 0 Å². The van der Waals surface area contributed by atoms with Crippen LogP contribution in [0.4, 0.5) is 5.13 Å². The number of hydrogen-bond donors (Lipinski definition) is 2. The minimum absolute atomic E-state index is 0.0998. The summed E-state index contributed by atoms with van der Waals surface area (Å²) in [4.78, 5) is 17.1. The van der Waals surface area contributed by atoms with Crippen LogP contribution in [0.5, 0.6) is 0 Å². The van der Waals surface area contributed by atoms with Crippen LogP contribution in [0, 0.1) is 17.8 Å². The predicted octanol–water partition coefficient (Wildman–Crippen LogP) is 1.35. The summed E-state index contributed by atoms with van der Waals surface area (Å²) >= 11 is 1.34. The molecule has 1 aromatic rings. The van der Waals surface area contributed by atoms with E-state index in [0.29, 0.717) is 24.3 Å². The number of aliphatic hydroxyl groups is 1. The number of nitrogens with zero attached hydrogens (tertiary/aromatic N) is 1. The number of anilines is 1. The van der Waals surface area contributed by atoms with Gasteiger partial charge in [0.15, 0.2) is 5.13 Å². The number of aromatic nitrogens is 1. The first-order valence-electron chi connectivity index (χ1n) is 6.73. The van der Waals surface area contributed by atoms with E-state index < -0.39 is 5.60 Å². The number of fused-ring (bicyclic) bond motifs is 1. The number of hydrogen-bond acceptors (Lipinski definition) is 5. The lowest BCUT2D eigenvalue weighted by molar-refractivity contribution is -0.182. The highest BCUT2D eigenvalue weighted by molar-refractivity contribution is 7.15. The molecule has 1 aliphatic heterocycles. The molecular formula is C13H16N2O3S. The molecule has 4 rings (SSSR count). The number of ether oxygens (including phenoxy) is 1. The van der Waals surface area contributed by atoms with Crippen molar-refractivity contribution in [3.63, 3.8) is 0 Å². The maximum atomic E-state index is 12.2. The summed E-state index contributed by atoms with van der Waals surface area (Å²) in [5.74, 6) is 1.69. The highest BCUT2D eigenvalue weighted by Gasteiger charge is 2.50. The van der Waals surface area contributed by atoms with Crippen molar-refractivity contribution in [2.24, 2.45) is 17.8 Å². The number of nitrogens with one attached hydrogen (secondary N) is 1. The molecule has 1 saturated heterocycles. The molecule has 2 N–H and O–H groups in total. The molecule has 1 aromatic heterocycles. The topological polar surface area (TPSA) is 71.5 Å². The third-order valence-electron chi connectivity index (χ3n) is 4.56. The molecule has 0 spiro atoms. The molecule has 5 nitrogen and oxygen atoms in total. The van der Waals surface area contributed by atoms with Gasteiger partial charge in [-0.1, -0.05) is 11.3 Å². The van der Waals surface area contributed by atoms with Gasteiger partial charge in [-0.2, -0.15) is 0 Å². The monoisotopic (exact) mass is 280 g/mol. The third kappa shape index (κ3) is 1.89. The number of amides is 1. The van der Waals surface area contributed by atoms with Gasteiger partial charge >= 0.3 is 0 Å². The second-order valence-electron chi connectivity index (χ2n) is 5.89. The van der Waals surface area contributed by atoms with E-state index in [0.717, 1.165) is 17.2 Å². The molecule has 0 bridgehead atoms. The van der Waals surface area contributed by atoms with Gasteiger partial charge < -0.3 is 15.2 Å². The molecule has 2 aliphatic carbocycles. The molecule has 6 heteroatoms. The van der Waals surface area contributed by atoms with Gasteiger partial charge in [0.1, 0.15) is 5.60 Å². The Kier molecular flexibility index (Phi) is 2.49. The van der Waals surface area contributed by atoms with Gasteiger partial charge in [-0.15, -0.1) is 0 Å². The predicted molar refractivity (Wildman–Crippen MR) is 69.8 cm³/mol. The maximum absolute atomic E-state index is 12.2. The van der Waals surface area contributed by atoms with Crippen LogP contribution in [0.1, 0.15) is 24.1 Å². The van der Waals surface area contributed by atoms with Gasteiger partial charge in [0, 0.05) is 12.1 Å². The summed E-state index contributed by atoms with van der Waals surface area (Å²) in [6, 6.07) is 0. The Labute approximate surface area is 115 Å². The standard InChI is InChI=1S/C13H16N2O3S/c16-11(8-2-1-7-3-9(7)8)15-12-14-4-10(19-12)13(17)5-18-6-13/h4,7-9,17H,1-3,5-6H2,(H,14,15,16)/t7-,8-,9+/m1/s1. The van der Waals surface area contributed by atoms with Crippen molar-refractivity contribution >= 4 is 22.4 Å². The molecule has 3 aliphatic rings. The van der Waals surface area contributed by atoms with Crippen molar-refractivity contribution in [1.29, 1.82) is 0 Å². The highest BCUT2D eigenvalue weighted by Crippen LogP contribution is 2.55. The molecule has 0 unspecified atom stereocenters. The van der Waals surface area contributed by atoms with Crippen LogP contribution in [0.3, 0.4) is 0 Å². The molecule has 1 amide bonds. The third-order valence-corrected chi connectivity index (χ3v) is 5.66. The minimum atomic E-state index is -0.893. The SMILES string of the molecule is O=C(Nc1ncc(C2(O)COC2)s1)[C@@H]1CC[C@@H]2C[C@@H]21. The smallest absolute Gasteiger partial charge is 0.229 e. The molecule has 2 saturated carbocycles. The summed E-state index contributed by atoms with van der Waals surface area (Å²) in [5.41, 5.74) is -0.893. The lowest BCUT2D eigenvalue weighted by Crippen LogP contribution is -2.45. The van der Waals surface area contributed by atoms with Crippen LogP contribution in [0.25, 0.3) is 0 Å². The van der Waals surface area contributed by atoms with Crippen LogP contribution in [0.15, 0.2) is 6.20 Å². The highest BCUT2D eigenvalue weighted by atomic mass is 32.1. The van der Waals surface area contributed by atoms with E-state index >= 15 is 0 Å². The molecule has 3 atom stereocenters. The largest absolute Gasteiger partial charge is 0.379 e. The van der Waals surface area contributed by atoms with Crippen molar-refractivity contribution in [2.75, 3.05) is 18.5 Å². The summed E-state index contributed by atoms with van der Waals surface area (Å²) < 4.78 is 5.03. The Morgan fingerprint density at radius 1 is 1.53 bits per heavy atom. The summed E-state index contributed by atoms with van der Waals surface area (Å²) in [7, 11) is 0. The normalized spacial score (nSPS) is 34.5. The zero-order valence-corrected chi connectivity index (χ0v) is 11.3. The average Bonchev–Trinajstić information content (AvgIpc) is 2.81. The molecular weight excluding hydrogens is 264 g/mol. The van der Waals surface area contributed by atoms with E-state index in [1.165, 1.54) is 24.2 Å². The van der Waals surface area contributed by atoms with Crippen LogP contribution in [-0.2, 0) is 15.1 Å². The molecule has 102 valence electrons. The van der Waals surface area contributed by atoms with Crippen molar-refractivity contribution in [3.05, 3.63) is 11.1 Å². The first-order chi connectivity index (χ1) is 9.16. The zero-order valence-electron chi connectivity index (χ0n) is 10.5. The fourth-order valence-electron chi connectivity index (χ4n) is 3.21. The van der Waals surface area contributed by atoms with Crippen molar-refractivity contribution in [2.45, 2.75) is 24.9 Å².